The fourth-order valence-electron chi connectivity index (χ4n) is 3.77. The molecular formula is C27H38N2O2. The van der Waals surface area contributed by atoms with Gasteiger partial charge in [0.1, 0.15) is 0 Å². The number of hydrogen-bond acceptors (Lipinski definition) is 3. The fraction of sp³-hybridized carbons (Fsp3) is 0.519. The van der Waals surface area contributed by atoms with E-state index in [4.69, 9.17) is 5.11 Å². The summed E-state index contributed by atoms with van der Waals surface area (Å²) in [6.45, 7) is 4.45. The van der Waals surface area contributed by atoms with E-state index in [1.807, 2.05) is 24.5 Å². The molecule has 0 saturated heterocycles. The summed E-state index contributed by atoms with van der Waals surface area (Å²) >= 11 is 0. The highest BCUT2D eigenvalue weighted by Crippen LogP contribution is 2.23. The minimum Gasteiger partial charge on any atom is -0.478 e. The highest BCUT2D eigenvalue weighted by Gasteiger charge is 2.07. The van der Waals surface area contributed by atoms with Crippen LogP contribution in [0, 0.1) is 0 Å². The normalized spacial score (nSPS) is 11.3. The van der Waals surface area contributed by atoms with Crippen LogP contribution in [0.4, 0.5) is 0 Å². The van der Waals surface area contributed by atoms with Gasteiger partial charge in [-0.2, -0.15) is 0 Å². The molecule has 1 aromatic carbocycles. The molecule has 2 aromatic rings. The molecule has 1 heterocycles. The van der Waals surface area contributed by atoms with Gasteiger partial charge in [0, 0.05) is 24.0 Å². The van der Waals surface area contributed by atoms with Crippen LogP contribution in [0.3, 0.4) is 0 Å². The van der Waals surface area contributed by atoms with Gasteiger partial charge in [-0.3, -0.25) is 0 Å². The Labute approximate surface area is 187 Å². The van der Waals surface area contributed by atoms with E-state index in [-0.39, 0.29) is 0 Å². The lowest BCUT2D eigenvalue weighted by molar-refractivity contribution is -0.131. The van der Waals surface area contributed by atoms with Crippen LogP contribution in [0.5, 0.6) is 0 Å². The third-order valence-electron chi connectivity index (χ3n) is 5.63. The van der Waals surface area contributed by atoms with Crippen molar-refractivity contribution in [2.45, 2.75) is 90.9 Å². The number of carboxylic acids is 1. The SMILES string of the molecule is CCCCCCCCc1cc(-c2ncc(CCCCCC)cn2)ccc1/C=C/C(=O)O. The number of nitrogens with zero attached hydrogens (tertiary/aromatic N) is 2. The molecule has 0 saturated carbocycles. The highest BCUT2D eigenvalue weighted by molar-refractivity contribution is 5.85. The molecule has 1 N–H and O–H groups in total. The molecule has 0 bridgehead atoms. The topological polar surface area (TPSA) is 63.1 Å². The second-order valence-corrected chi connectivity index (χ2v) is 8.33. The van der Waals surface area contributed by atoms with Crippen LogP contribution >= 0.6 is 0 Å². The van der Waals surface area contributed by atoms with Gasteiger partial charge in [0.05, 0.1) is 0 Å². The summed E-state index contributed by atoms with van der Waals surface area (Å²) in [6.07, 6.45) is 21.1. The number of hydrogen-bond donors (Lipinski definition) is 1. The molecule has 4 heteroatoms. The zero-order valence-corrected chi connectivity index (χ0v) is 19.3. The van der Waals surface area contributed by atoms with Crippen LogP contribution in [0.1, 0.15) is 94.7 Å². The van der Waals surface area contributed by atoms with E-state index in [2.05, 4.69) is 29.9 Å². The Morgan fingerprint density at radius 2 is 1.48 bits per heavy atom. The highest BCUT2D eigenvalue weighted by atomic mass is 16.4. The van der Waals surface area contributed by atoms with E-state index >= 15 is 0 Å². The Morgan fingerprint density at radius 3 is 2.16 bits per heavy atom. The van der Waals surface area contributed by atoms with Crippen LogP contribution in [-0.2, 0) is 17.6 Å². The fourth-order valence-corrected chi connectivity index (χ4v) is 3.77. The van der Waals surface area contributed by atoms with Crippen LogP contribution in [0.15, 0.2) is 36.7 Å². The van der Waals surface area contributed by atoms with Gasteiger partial charge in [-0.1, -0.05) is 77.3 Å². The van der Waals surface area contributed by atoms with Crippen molar-refractivity contribution in [1.82, 2.24) is 9.97 Å². The van der Waals surface area contributed by atoms with Gasteiger partial charge in [0.25, 0.3) is 0 Å². The lowest BCUT2D eigenvalue weighted by atomic mass is 9.97. The molecule has 0 aliphatic carbocycles. The first-order valence-corrected chi connectivity index (χ1v) is 12.0. The van der Waals surface area contributed by atoms with E-state index < -0.39 is 5.97 Å². The molecule has 0 aliphatic heterocycles. The summed E-state index contributed by atoms with van der Waals surface area (Å²) in [4.78, 5) is 20.2. The number of rotatable bonds is 15. The van der Waals surface area contributed by atoms with E-state index in [0.29, 0.717) is 0 Å². The first kappa shape index (κ1) is 24.8. The van der Waals surface area contributed by atoms with Gasteiger partial charge < -0.3 is 5.11 Å². The average molecular weight is 423 g/mol. The first-order valence-electron chi connectivity index (χ1n) is 12.0. The second kappa shape index (κ2) is 14.5. The number of unbranched alkanes of at least 4 members (excludes halogenated alkanes) is 8. The molecule has 2 rings (SSSR count). The van der Waals surface area contributed by atoms with Gasteiger partial charge in [0.2, 0.25) is 0 Å². The minimum absolute atomic E-state index is 0.732. The van der Waals surface area contributed by atoms with Crippen molar-refractivity contribution in [3.05, 3.63) is 53.4 Å². The summed E-state index contributed by atoms with van der Waals surface area (Å²) in [5.41, 5.74) is 4.31. The van der Waals surface area contributed by atoms with E-state index in [1.54, 1.807) is 6.08 Å². The van der Waals surface area contributed by atoms with Gasteiger partial charge in [0.15, 0.2) is 5.82 Å². The number of aryl methyl sites for hydroxylation is 2. The predicted molar refractivity (Wildman–Crippen MR) is 129 cm³/mol. The lowest BCUT2D eigenvalue weighted by Crippen LogP contribution is -1.96. The van der Waals surface area contributed by atoms with Crippen LogP contribution in [0.2, 0.25) is 0 Å². The Morgan fingerprint density at radius 1 is 0.871 bits per heavy atom. The molecule has 0 aliphatic rings. The van der Waals surface area contributed by atoms with Crippen molar-refractivity contribution in [2.24, 2.45) is 0 Å². The average Bonchev–Trinajstić information content (AvgIpc) is 2.78. The largest absolute Gasteiger partial charge is 0.478 e. The minimum atomic E-state index is -0.924. The number of carbonyl (C=O) groups is 1. The van der Waals surface area contributed by atoms with Crippen LogP contribution in [-0.4, -0.2) is 21.0 Å². The molecule has 31 heavy (non-hydrogen) atoms. The van der Waals surface area contributed by atoms with E-state index in [9.17, 15) is 4.79 Å². The van der Waals surface area contributed by atoms with Crippen molar-refractivity contribution >= 4 is 12.0 Å². The lowest BCUT2D eigenvalue weighted by Gasteiger charge is -2.10. The Kier molecular flexibility index (Phi) is 11.6. The Hall–Kier alpha value is -2.49. The third-order valence-corrected chi connectivity index (χ3v) is 5.63. The first-order chi connectivity index (χ1) is 15.1. The molecule has 0 fully saturated rings. The summed E-state index contributed by atoms with van der Waals surface area (Å²) in [5.74, 6) is -0.192. The monoisotopic (exact) mass is 422 g/mol. The maximum absolute atomic E-state index is 11.0. The summed E-state index contributed by atoms with van der Waals surface area (Å²) < 4.78 is 0. The summed E-state index contributed by atoms with van der Waals surface area (Å²) in [7, 11) is 0. The Balaban J connectivity index is 2.07. The number of aromatic nitrogens is 2. The maximum atomic E-state index is 11.0. The summed E-state index contributed by atoms with van der Waals surface area (Å²) in [6, 6.07) is 6.11. The molecule has 0 atom stereocenters. The smallest absolute Gasteiger partial charge is 0.328 e. The van der Waals surface area contributed by atoms with E-state index in [0.717, 1.165) is 41.8 Å². The van der Waals surface area contributed by atoms with Crippen LogP contribution in [0.25, 0.3) is 17.5 Å². The van der Waals surface area contributed by atoms with Crippen LogP contribution < -0.4 is 0 Å². The number of aliphatic carboxylic acids is 1. The standard InChI is InChI=1S/C27H38N2O2/c1-3-5-7-9-10-12-14-24-19-25(16-15-23(24)17-18-26(30)31)27-28-20-22(21-29-27)13-11-8-6-4-2/h15-21H,3-14H2,1-2H3,(H,30,31)/b18-17+. The third kappa shape index (κ3) is 9.46. The molecule has 168 valence electrons. The Bertz CT molecular complexity index is 812. The second-order valence-electron chi connectivity index (χ2n) is 8.33. The van der Waals surface area contributed by atoms with Crippen molar-refractivity contribution in [1.29, 1.82) is 0 Å². The van der Waals surface area contributed by atoms with Gasteiger partial charge in [-0.05, 0) is 54.5 Å². The molecule has 1 aromatic heterocycles. The number of carboxylic acid groups (broad SMARTS) is 1. The summed E-state index contributed by atoms with van der Waals surface area (Å²) in [5, 5.41) is 9.01. The van der Waals surface area contributed by atoms with E-state index in [1.165, 1.54) is 69.4 Å². The molecule has 0 radical (unpaired) electrons. The maximum Gasteiger partial charge on any atom is 0.328 e. The van der Waals surface area contributed by atoms with Crippen molar-refractivity contribution in [3.63, 3.8) is 0 Å². The van der Waals surface area contributed by atoms with Crippen molar-refractivity contribution in [3.8, 4) is 11.4 Å². The molecular weight excluding hydrogens is 384 g/mol. The van der Waals surface area contributed by atoms with Gasteiger partial charge in [-0.15, -0.1) is 0 Å². The molecule has 0 spiro atoms. The van der Waals surface area contributed by atoms with Gasteiger partial charge in [-0.25, -0.2) is 14.8 Å². The van der Waals surface area contributed by atoms with Crippen molar-refractivity contribution < 1.29 is 9.90 Å². The number of benzene rings is 1. The molecule has 4 nitrogen and oxygen atoms in total. The quantitative estimate of drug-likeness (QED) is 0.242. The molecule has 0 unspecified atom stereocenters. The zero-order valence-electron chi connectivity index (χ0n) is 19.3. The predicted octanol–water partition coefficient (Wildman–Crippen LogP) is 7.27. The molecule has 0 amide bonds. The van der Waals surface area contributed by atoms with Gasteiger partial charge >= 0.3 is 5.97 Å². The zero-order chi connectivity index (χ0) is 22.3. The van der Waals surface area contributed by atoms with Crippen molar-refractivity contribution in [2.75, 3.05) is 0 Å².